The van der Waals surface area contributed by atoms with Gasteiger partial charge in [-0.15, -0.1) is 0 Å². The van der Waals surface area contributed by atoms with Gasteiger partial charge in [0.1, 0.15) is 35.6 Å². The second-order valence-corrected chi connectivity index (χ2v) is 7.13. The third-order valence-electron chi connectivity index (χ3n) is 4.80. The summed E-state index contributed by atoms with van der Waals surface area (Å²) in [4.78, 5) is 8.33. The van der Waals surface area contributed by atoms with E-state index in [1.165, 1.54) is 6.33 Å². The molecule has 0 radical (unpaired) electrons. The summed E-state index contributed by atoms with van der Waals surface area (Å²) in [7, 11) is 0. The summed E-state index contributed by atoms with van der Waals surface area (Å²) in [6, 6.07) is 1.85. The number of ether oxygens (including phenoxy) is 3. The zero-order valence-electron chi connectivity index (χ0n) is 14.1. The van der Waals surface area contributed by atoms with Crippen LogP contribution >= 0.6 is 0 Å². The molecule has 2 aromatic heterocycles. The Morgan fingerprint density at radius 3 is 2.79 bits per heavy atom. The maximum atomic E-state index is 10.2. The number of rotatable bonds is 2. The first-order chi connectivity index (χ1) is 11.2. The van der Waals surface area contributed by atoms with Crippen LogP contribution in [0.25, 0.3) is 11.0 Å². The zero-order chi connectivity index (χ0) is 17.3. The van der Waals surface area contributed by atoms with Gasteiger partial charge in [0.05, 0.1) is 11.5 Å². The highest BCUT2D eigenvalue weighted by Crippen LogP contribution is 2.51. The lowest BCUT2D eigenvalue weighted by molar-refractivity contribution is -0.221. The first-order valence-corrected chi connectivity index (χ1v) is 8.01. The number of aliphatic hydroxyl groups is 1. The molecule has 24 heavy (non-hydrogen) atoms. The molecular weight excluding hydrogens is 312 g/mol. The van der Waals surface area contributed by atoms with Crippen LogP contribution in [0.3, 0.4) is 0 Å². The third kappa shape index (κ3) is 2.07. The van der Waals surface area contributed by atoms with Crippen LogP contribution in [0.4, 0.5) is 5.82 Å². The molecule has 0 spiro atoms. The number of hydrogen-bond acceptors (Lipinski definition) is 7. The number of fused-ring (bicyclic) bond motifs is 2. The number of hydrogen-bond donors (Lipinski definition) is 2. The lowest BCUT2D eigenvalue weighted by atomic mass is 9.91. The normalized spacial score (nSPS) is 36.1. The van der Waals surface area contributed by atoms with Gasteiger partial charge in [-0.1, -0.05) is 0 Å². The van der Waals surface area contributed by atoms with Crippen molar-refractivity contribution >= 4 is 16.9 Å². The molecule has 2 fully saturated rings. The largest absolute Gasteiger partial charge is 0.391 e. The van der Waals surface area contributed by atoms with Gasteiger partial charge in [0.2, 0.25) is 0 Å². The molecule has 2 aliphatic rings. The summed E-state index contributed by atoms with van der Waals surface area (Å²) in [5.41, 5.74) is 5.81. The van der Waals surface area contributed by atoms with Crippen molar-refractivity contribution < 1.29 is 19.3 Å². The Morgan fingerprint density at radius 1 is 1.33 bits per heavy atom. The molecule has 0 saturated carbocycles. The number of anilines is 1. The number of nitrogen functional groups attached to an aromatic ring is 1. The quantitative estimate of drug-likeness (QED) is 0.850. The van der Waals surface area contributed by atoms with E-state index in [1.807, 2.05) is 37.6 Å². The first kappa shape index (κ1) is 15.8. The molecule has 0 bridgehead atoms. The van der Waals surface area contributed by atoms with Gasteiger partial charge >= 0.3 is 0 Å². The molecule has 3 N–H and O–H groups in total. The molecule has 130 valence electrons. The summed E-state index contributed by atoms with van der Waals surface area (Å²) in [5.74, 6) is -0.346. The van der Waals surface area contributed by atoms with Crippen molar-refractivity contribution in [1.29, 1.82) is 0 Å². The van der Waals surface area contributed by atoms with E-state index in [1.54, 1.807) is 6.92 Å². The molecular formula is C16H22N4O4. The van der Waals surface area contributed by atoms with Crippen molar-refractivity contribution in [3.8, 4) is 0 Å². The monoisotopic (exact) mass is 334 g/mol. The van der Waals surface area contributed by atoms with E-state index >= 15 is 0 Å². The Labute approximate surface area is 139 Å². The van der Waals surface area contributed by atoms with Crippen LogP contribution in [0, 0.1) is 0 Å². The lowest BCUT2D eigenvalue weighted by Gasteiger charge is -2.30. The summed E-state index contributed by atoms with van der Waals surface area (Å²) in [5, 5.41) is 10.9. The van der Waals surface area contributed by atoms with E-state index in [-0.39, 0.29) is 6.10 Å². The molecule has 0 unspecified atom stereocenters. The molecule has 8 nitrogen and oxygen atoms in total. The molecule has 4 rings (SSSR count). The summed E-state index contributed by atoms with van der Waals surface area (Å²) in [6.07, 6.45) is 1.17. The minimum atomic E-state index is -0.766. The fourth-order valence-corrected chi connectivity index (χ4v) is 3.95. The summed E-state index contributed by atoms with van der Waals surface area (Å²) in [6.45, 7) is 7.33. The van der Waals surface area contributed by atoms with Gasteiger partial charge in [-0.2, -0.15) is 0 Å². The van der Waals surface area contributed by atoms with E-state index < -0.39 is 29.8 Å². The van der Waals surface area contributed by atoms with E-state index in [9.17, 15) is 5.11 Å². The molecule has 0 aromatic carbocycles. The molecule has 8 heteroatoms. The number of nitrogens with zero attached hydrogens (tertiary/aromatic N) is 3. The Kier molecular flexibility index (Phi) is 3.21. The second-order valence-electron chi connectivity index (χ2n) is 7.13. The van der Waals surface area contributed by atoms with Gasteiger partial charge < -0.3 is 29.6 Å². The van der Waals surface area contributed by atoms with Crippen LogP contribution < -0.4 is 5.73 Å². The Hall–Kier alpha value is -1.74. The average Bonchev–Trinajstić information content (AvgIpc) is 3.07. The van der Waals surface area contributed by atoms with Crippen LogP contribution in [0.5, 0.6) is 0 Å². The van der Waals surface area contributed by atoms with Crippen molar-refractivity contribution in [3.05, 3.63) is 18.6 Å². The Bertz CT molecular complexity index is 789. The summed E-state index contributed by atoms with van der Waals surface area (Å²) >= 11 is 0. The van der Waals surface area contributed by atoms with Crippen molar-refractivity contribution in [2.24, 2.45) is 0 Å². The van der Waals surface area contributed by atoms with Gasteiger partial charge in [0.25, 0.3) is 0 Å². The Morgan fingerprint density at radius 2 is 2.08 bits per heavy atom. The van der Waals surface area contributed by atoms with Crippen molar-refractivity contribution in [2.45, 2.75) is 63.6 Å². The van der Waals surface area contributed by atoms with Gasteiger partial charge in [-0.3, -0.25) is 0 Å². The van der Waals surface area contributed by atoms with Crippen LogP contribution in [0.2, 0.25) is 0 Å². The standard InChI is InChI=1S/C16H22N4O4/c1-8(21)10-16(4)11(23-15(2,3)24-16)14(22-10)20-6-5-9-12(17)18-7-19-13(9)20/h5-8,10-11,14,21H,1-4H3,(H2,17,18,19)/t8-,10-,11+,14-,16-/m1/s1. The van der Waals surface area contributed by atoms with Crippen LogP contribution in [-0.2, 0) is 14.2 Å². The van der Waals surface area contributed by atoms with Crippen LogP contribution in [-0.4, -0.2) is 49.3 Å². The number of aromatic nitrogens is 3. The first-order valence-electron chi connectivity index (χ1n) is 8.01. The second kappa shape index (κ2) is 4.89. The fraction of sp³-hybridized carbons (Fsp3) is 0.625. The minimum absolute atomic E-state index is 0.390. The van der Waals surface area contributed by atoms with Crippen molar-refractivity contribution in [3.63, 3.8) is 0 Å². The fourth-order valence-electron chi connectivity index (χ4n) is 3.95. The smallest absolute Gasteiger partial charge is 0.165 e. The maximum absolute atomic E-state index is 10.2. The number of nitrogens with two attached hydrogens (primary N) is 1. The maximum Gasteiger partial charge on any atom is 0.165 e. The third-order valence-corrected chi connectivity index (χ3v) is 4.80. The molecule has 5 atom stereocenters. The predicted molar refractivity (Wildman–Crippen MR) is 86.0 cm³/mol. The van der Waals surface area contributed by atoms with Crippen LogP contribution in [0.1, 0.15) is 33.9 Å². The van der Waals surface area contributed by atoms with Gasteiger partial charge in [-0.05, 0) is 33.8 Å². The topological polar surface area (TPSA) is 105 Å². The average molecular weight is 334 g/mol. The molecule has 2 aromatic rings. The predicted octanol–water partition coefficient (Wildman–Crippen LogP) is 1.20. The minimum Gasteiger partial charge on any atom is -0.391 e. The van der Waals surface area contributed by atoms with Gasteiger partial charge in [0, 0.05) is 6.20 Å². The Balaban J connectivity index is 1.82. The van der Waals surface area contributed by atoms with Crippen LogP contribution in [0.15, 0.2) is 18.6 Å². The van der Waals surface area contributed by atoms with E-state index in [0.717, 1.165) is 5.39 Å². The van der Waals surface area contributed by atoms with E-state index in [0.29, 0.717) is 11.5 Å². The molecule has 2 aliphatic heterocycles. The van der Waals surface area contributed by atoms with Crippen molar-refractivity contribution in [1.82, 2.24) is 14.5 Å². The van der Waals surface area contributed by atoms with E-state index in [2.05, 4.69) is 9.97 Å². The zero-order valence-corrected chi connectivity index (χ0v) is 14.1. The SMILES string of the molecule is C[C@@H](O)[C@H]1O[C@@H](n2ccc3c(N)ncnc32)[C@@H]2OC(C)(C)O[C@]12C. The lowest BCUT2D eigenvalue weighted by Crippen LogP contribution is -2.48. The summed E-state index contributed by atoms with van der Waals surface area (Å²) < 4.78 is 20.2. The highest BCUT2D eigenvalue weighted by Gasteiger charge is 2.65. The van der Waals surface area contributed by atoms with Gasteiger partial charge in [-0.25, -0.2) is 9.97 Å². The molecule has 4 heterocycles. The highest BCUT2D eigenvalue weighted by molar-refractivity contribution is 5.86. The van der Waals surface area contributed by atoms with E-state index in [4.69, 9.17) is 19.9 Å². The van der Waals surface area contributed by atoms with Gasteiger partial charge in [0.15, 0.2) is 12.0 Å². The molecule has 0 aliphatic carbocycles. The molecule has 2 saturated heterocycles. The number of aliphatic hydroxyl groups excluding tert-OH is 1. The highest BCUT2D eigenvalue weighted by atomic mass is 16.8. The van der Waals surface area contributed by atoms with Crippen molar-refractivity contribution in [2.75, 3.05) is 5.73 Å². The molecule has 0 amide bonds.